The lowest BCUT2D eigenvalue weighted by atomic mass is 10.1. The minimum atomic E-state index is -0.663. The number of unbranched alkanes of at least 4 members (excludes halogenated alkanes) is 7. The number of nitro groups is 1. The fraction of sp³-hybridized carbons (Fsp3) is 0.478. The third kappa shape index (κ3) is 6.97. The highest BCUT2D eigenvalue weighted by Crippen LogP contribution is 2.30. The van der Waals surface area contributed by atoms with E-state index >= 15 is 0 Å². The summed E-state index contributed by atoms with van der Waals surface area (Å²) in [5, 5.41) is 21.8. The number of nitro benzene ring substituents is 1. The predicted octanol–water partition coefficient (Wildman–Crippen LogP) is 6.58. The average Bonchev–Trinajstić information content (AvgIpc) is 2.71. The molecule has 5 heteroatoms. The number of nitrogens with zero attached hydrogens (tertiary/aromatic N) is 2. The molecule has 0 saturated heterocycles. The number of hydrogen-bond donors (Lipinski definition) is 1. The Balaban J connectivity index is 1.95. The van der Waals surface area contributed by atoms with E-state index in [0.717, 1.165) is 24.2 Å². The van der Waals surface area contributed by atoms with Crippen LogP contribution in [0.4, 0.5) is 17.1 Å². The van der Waals surface area contributed by atoms with Gasteiger partial charge in [0.1, 0.15) is 6.23 Å². The molecule has 1 N–H and O–H groups in total. The van der Waals surface area contributed by atoms with Crippen LogP contribution in [0, 0.1) is 10.1 Å². The van der Waals surface area contributed by atoms with E-state index in [-0.39, 0.29) is 5.69 Å². The third-order valence-electron chi connectivity index (χ3n) is 4.99. The third-order valence-corrected chi connectivity index (χ3v) is 4.99. The SMILES string of the molecule is CCCCCCCCCCC(O)N(c1ccccc1)c1ccc([N+](=O)[O-])cc1. The molecule has 0 aliphatic rings. The maximum absolute atomic E-state index is 10.9. The molecule has 0 heterocycles. The Morgan fingerprint density at radius 3 is 1.96 bits per heavy atom. The highest BCUT2D eigenvalue weighted by Gasteiger charge is 2.19. The van der Waals surface area contributed by atoms with Crippen LogP contribution in [0.2, 0.25) is 0 Å². The first kappa shape index (κ1) is 21.9. The molecule has 1 unspecified atom stereocenters. The van der Waals surface area contributed by atoms with E-state index in [2.05, 4.69) is 6.92 Å². The monoisotopic (exact) mass is 384 g/mol. The van der Waals surface area contributed by atoms with Crippen LogP contribution in [0.25, 0.3) is 0 Å². The Labute approximate surface area is 168 Å². The Morgan fingerprint density at radius 2 is 1.39 bits per heavy atom. The zero-order valence-corrected chi connectivity index (χ0v) is 16.8. The number of non-ortho nitro benzene ring substituents is 1. The van der Waals surface area contributed by atoms with Gasteiger partial charge >= 0.3 is 0 Å². The first-order chi connectivity index (χ1) is 13.6. The van der Waals surface area contributed by atoms with E-state index in [1.165, 1.54) is 50.7 Å². The topological polar surface area (TPSA) is 66.6 Å². The number of rotatable bonds is 13. The molecule has 0 aliphatic heterocycles. The largest absolute Gasteiger partial charge is 0.373 e. The first-order valence-electron chi connectivity index (χ1n) is 10.4. The Kier molecular flexibility index (Phi) is 9.49. The number of para-hydroxylation sites is 1. The maximum Gasteiger partial charge on any atom is 0.269 e. The molecule has 0 amide bonds. The van der Waals surface area contributed by atoms with Gasteiger partial charge in [0.2, 0.25) is 0 Å². The molecule has 0 bridgehead atoms. The molecule has 1 atom stereocenters. The van der Waals surface area contributed by atoms with Crippen molar-refractivity contribution in [1.82, 2.24) is 0 Å². The van der Waals surface area contributed by atoms with Gasteiger partial charge in [-0.3, -0.25) is 10.1 Å². The number of benzene rings is 2. The molecule has 0 fully saturated rings. The van der Waals surface area contributed by atoms with Gasteiger partial charge in [0, 0.05) is 23.5 Å². The van der Waals surface area contributed by atoms with Crippen molar-refractivity contribution in [3.8, 4) is 0 Å². The van der Waals surface area contributed by atoms with Crippen molar-refractivity contribution in [2.24, 2.45) is 0 Å². The van der Waals surface area contributed by atoms with E-state index in [1.54, 1.807) is 12.1 Å². The molecule has 2 aromatic carbocycles. The molecule has 0 aliphatic carbocycles. The lowest BCUT2D eigenvalue weighted by Crippen LogP contribution is -2.30. The number of anilines is 2. The van der Waals surface area contributed by atoms with Crippen molar-refractivity contribution in [2.75, 3.05) is 4.90 Å². The van der Waals surface area contributed by atoms with Crippen LogP contribution in [0.1, 0.15) is 64.7 Å². The summed E-state index contributed by atoms with van der Waals surface area (Å²) < 4.78 is 0. The Hall–Kier alpha value is -2.40. The summed E-state index contributed by atoms with van der Waals surface area (Å²) in [6.45, 7) is 2.23. The number of aliphatic hydroxyl groups is 1. The molecular weight excluding hydrogens is 352 g/mol. The van der Waals surface area contributed by atoms with Crippen LogP contribution < -0.4 is 4.90 Å². The normalized spacial score (nSPS) is 11.9. The van der Waals surface area contributed by atoms with Gasteiger partial charge in [-0.1, -0.05) is 70.1 Å². The van der Waals surface area contributed by atoms with Gasteiger partial charge in [-0.15, -0.1) is 0 Å². The van der Waals surface area contributed by atoms with Gasteiger partial charge in [-0.25, -0.2) is 0 Å². The van der Waals surface area contributed by atoms with E-state index in [1.807, 2.05) is 35.2 Å². The predicted molar refractivity (Wildman–Crippen MR) is 115 cm³/mol. The smallest absolute Gasteiger partial charge is 0.269 e. The summed E-state index contributed by atoms with van der Waals surface area (Å²) in [4.78, 5) is 12.4. The molecule has 152 valence electrons. The van der Waals surface area contributed by atoms with E-state index in [4.69, 9.17) is 0 Å². The van der Waals surface area contributed by atoms with Crippen molar-refractivity contribution in [3.63, 3.8) is 0 Å². The summed E-state index contributed by atoms with van der Waals surface area (Å²) >= 11 is 0. The lowest BCUT2D eigenvalue weighted by Gasteiger charge is -2.30. The zero-order chi connectivity index (χ0) is 20.2. The van der Waals surface area contributed by atoms with Crippen LogP contribution in [0.3, 0.4) is 0 Å². The molecular formula is C23H32N2O3. The molecule has 0 aromatic heterocycles. The fourth-order valence-corrected chi connectivity index (χ4v) is 3.41. The second-order valence-corrected chi connectivity index (χ2v) is 7.22. The Bertz CT molecular complexity index is 689. The van der Waals surface area contributed by atoms with Crippen molar-refractivity contribution < 1.29 is 10.0 Å². The van der Waals surface area contributed by atoms with Crippen LogP contribution in [0.15, 0.2) is 54.6 Å². The molecule has 0 saturated carbocycles. The summed E-state index contributed by atoms with van der Waals surface area (Å²) in [6, 6.07) is 16.0. The van der Waals surface area contributed by atoms with Crippen molar-refractivity contribution in [2.45, 2.75) is 70.9 Å². The summed E-state index contributed by atoms with van der Waals surface area (Å²) in [6.07, 6.45) is 9.77. The second kappa shape index (κ2) is 12.1. The highest BCUT2D eigenvalue weighted by atomic mass is 16.6. The summed E-state index contributed by atoms with van der Waals surface area (Å²) in [7, 11) is 0. The highest BCUT2D eigenvalue weighted by molar-refractivity contribution is 5.64. The van der Waals surface area contributed by atoms with Crippen molar-refractivity contribution in [1.29, 1.82) is 0 Å². The van der Waals surface area contributed by atoms with E-state index < -0.39 is 11.2 Å². The minimum Gasteiger partial charge on any atom is -0.373 e. The maximum atomic E-state index is 10.9. The lowest BCUT2D eigenvalue weighted by molar-refractivity contribution is -0.384. The van der Waals surface area contributed by atoms with Crippen LogP contribution in [-0.4, -0.2) is 16.3 Å². The second-order valence-electron chi connectivity index (χ2n) is 7.22. The molecule has 0 spiro atoms. The molecule has 28 heavy (non-hydrogen) atoms. The summed E-state index contributed by atoms with van der Waals surface area (Å²) in [5.74, 6) is 0. The minimum absolute atomic E-state index is 0.0503. The number of hydrogen-bond acceptors (Lipinski definition) is 4. The standard InChI is InChI=1S/C23H32N2O3/c1-2-3-4-5-6-7-8-12-15-23(26)24(20-13-10-9-11-14-20)21-16-18-22(19-17-21)25(27)28/h9-11,13-14,16-19,23,26H,2-8,12,15H2,1H3. The van der Waals surface area contributed by atoms with Gasteiger partial charge in [0.25, 0.3) is 5.69 Å². The van der Waals surface area contributed by atoms with Gasteiger partial charge in [-0.2, -0.15) is 0 Å². The van der Waals surface area contributed by atoms with Gasteiger partial charge in [0.15, 0.2) is 0 Å². The van der Waals surface area contributed by atoms with Gasteiger partial charge in [-0.05, 0) is 37.1 Å². The fourth-order valence-electron chi connectivity index (χ4n) is 3.41. The van der Waals surface area contributed by atoms with Crippen LogP contribution in [-0.2, 0) is 0 Å². The van der Waals surface area contributed by atoms with Crippen molar-refractivity contribution >= 4 is 17.1 Å². The van der Waals surface area contributed by atoms with E-state index in [0.29, 0.717) is 6.42 Å². The molecule has 0 radical (unpaired) electrons. The number of aliphatic hydroxyl groups excluding tert-OH is 1. The molecule has 5 nitrogen and oxygen atoms in total. The quantitative estimate of drug-likeness (QED) is 0.183. The first-order valence-corrected chi connectivity index (χ1v) is 10.4. The van der Waals surface area contributed by atoms with Gasteiger partial charge in [0.05, 0.1) is 4.92 Å². The zero-order valence-electron chi connectivity index (χ0n) is 16.8. The van der Waals surface area contributed by atoms with Gasteiger partial charge < -0.3 is 10.0 Å². The van der Waals surface area contributed by atoms with E-state index in [9.17, 15) is 15.2 Å². The van der Waals surface area contributed by atoms with Crippen LogP contribution >= 0.6 is 0 Å². The molecule has 2 rings (SSSR count). The van der Waals surface area contributed by atoms with Crippen LogP contribution in [0.5, 0.6) is 0 Å². The average molecular weight is 385 g/mol. The molecule has 2 aromatic rings. The van der Waals surface area contributed by atoms with Crippen molar-refractivity contribution in [3.05, 3.63) is 64.7 Å². The Morgan fingerprint density at radius 1 is 0.857 bits per heavy atom. The summed E-state index contributed by atoms with van der Waals surface area (Å²) in [5.41, 5.74) is 1.68.